The van der Waals surface area contributed by atoms with Gasteiger partial charge < -0.3 is 4.98 Å². The second-order valence-electron chi connectivity index (χ2n) is 5.31. The Balaban J connectivity index is 2.01. The SMILES string of the molecule is O=c1c2[nH]cnc2n(-c2ccccc2)c(=O)n1Cc1cccnc1. The van der Waals surface area contributed by atoms with Gasteiger partial charge in [-0.1, -0.05) is 24.3 Å². The standard InChI is InChI=1S/C17H13N5O2/c23-16-14-15(20-11-19-14)22(13-6-2-1-3-7-13)17(24)21(16)10-12-5-4-8-18-9-12/h1-9,11H,10H2,(H,19,20). The molecule has 0 aliphatic heterocycles. The van der Waals surface area contributed by atoms with Crippen molar-refractivity contribution in [2.24, 2.45) is 0 Å². The van der Waals surface area contributed by atoms with Crippen molar-refractivity contribution in [2.45, 2.75) is 6.54 Å². The summed E-state index contributed by atoms with van der Waals surface area (Å²) >= 11 is 0. The van der Waals surface area contributed by atoms with Crippen molar-refractivity contribution < 1.29 is 0 Å². The Hall–Kier alpha value is -3.48. The molecular weight excluding hydrogens is 306 g/mol. The van der Waals surface area contributed by atoms with Crippen molar-refractivity contribution in [3.63, 3.8) is 0 Å². The van der Waals surface area contributed by atoms with Gasteiger partial charge in [-0.25, -0.2) is 14.3 Å². The highest BCUT2D eigenvalue weighted by Gasteiger charge is 2.16. The number of benzene rings is 1. The summed E-state index contributed by atoms with van der Waals surface area (Å²) in [7, 11) is 0. The van der Waals surface area contributed by atoms with Crippen LogP contribution in [0.4, 0.5) is 0 Å². The number of aromatic amines is 1. The van der Waals surface area contributed by atoms with Crippen molar-refractivity contribution in [3.8, 4) is 5.69 Å². The zero-order valence-electron chi connectivity index (χ0n) is 12.6. The average Bonchev–Trinajstić information content (AvgIpc) is 3.10. The van der Waals surface area contributed by atoms with E-state index < -0.39 is 11.2 Å². The van der Waals surface area contributed by atoms with Gasteiger partial charge in [-0.3, -0.25) is 14.3 Å². The smallest absolute Gasteiger partial charge is 0.337 e. The highest BCUT2D eigenvalue weighted by atomic mass is 16.2. The summed E-state index contributed by atoms with van der Waals surface area (Å²) < 4.78 is 2.62. The van der Waals surface area contributed by atoms with Crippen LogP contribution in [0.25, 0.3) is 16.9 Å². The molecule has 3 heterocycles. The summed E-state index contributed by atoms with van der Waals surface area (Å²) in [6, 6.07) is 12.7. The number of aromatic nitrogens is 5. The summed E-state index contributed by atoms with van der Waals surface area (Å²) in [5, 5.41) is 0. The molecule has 7 nitrogen and oxygen atoms in total. The van der Waals surface area contributed by atoms with Crippen LogP contribution in [0.3, 0.4) is 0 Å². The zero-order chi connectivity index (χ0) is 16.5. The number of hydrogen-bond acceptors (Lipinski definition) is 4. The first-order chi connectivity index (χ1) is 11.8. The molecule has 0 fully saturated rings. The molecule has 0 bridgehead atoms. The monoisotopic (exact) mass is 319 g/mol. The molecule has 0 aliphatic carbocycles. The molecule has 0 atom stereocenters. The third-order valence-corrected chi connectivity index (χ3v) is 3.79. The quantitative estimate of drug-likeness (QED) is 0.617. The van der Waals surface area contributed by atoms with Gasteiger partial charge in [0, 0.05) is 12.4 Å². The van der Waals surface area contributed by atoms with Crippen LogP contribution in [0, 0.1) is 0 Å². The van der Waals surface area contributed by atoms with Gasteiger partial charge in [-0.05, 0) is 23.8 Å². The molecule has 0 unspecified atom stereocenters. The minimum atomic E-state index is -0.436. The number of pyridine rings is 1. The van der Waals surface area contributed by atoms with E-state index in [-0.39, 0.29) is 6.54 Å². The van der Waals surface area contributed by atoms with Gasteiger partial charge in [0.1, 0.15) is 5.52 Å². The van der Waals surface area contributed by atoms with E-state index in [1.165, 1.54) is 15.5 Å². The van der Waals surface area contributed by atoms with Crippen LogP contribution in [0.5, 0.6) is 0 Å². The Morgan fingerprint density at radius 3 is 2.62 bits per heavy atom. The Morgan fingerprint density at radius 1 is 1.04 bits per heavy atom. The average molecular weight is 319 g/mol. The van der Waals surface area contributed by atoms with Crippen molar-refractivity contribution in [1.82, 2.24) is 24.1 Å². The van der Waals surface area contributed by atoms with Crippen LogP contribution >= 0.6 is 0 Å². The second kappa shape index (κ2) is 5.62. The molecule has 4 aromatic rings. The molecule has 24 heavy (non-hydrogen) atoms. The molecule has 0 saturated carbocycles. The topological polar surface area (TPSA) is 85.6 Å². The van der Waals surface area contributed by atoms with Gasteiger partial charge >= 0.3 is 5.69 Å². The van der Waals surface area contributed by atoms with Gasteiger partial charge in [0.05, 0.1) is 18.6 Å². The van der Waals surface area contributed by atoms with Crippen LogP contribution in [0.1, 0.15) is 5.56 Å². The van der Waals surface area contributed by atoms with Gasteiger partial charge in [0.15, 0.2) is 5.65 Å². The summed E-state index contributed by atoms with van der Waals surface area (Å²) in [5.41, 5.74) is 1.20. The van der Waals surface area contributed by atoms with Crippen LogP contribution in [0.2, 0.25) is 0 Å². The summed E-state index contributed by atoms with van der Waals surface area (Å²) in [6.45, 7) is 0.146. The van der Waals surface area contributed by atoms with Gasteiger partial charge in [-0.2, -0.15) is 0 Å². The lowest BCUT2D eigenvalue weighted by Gasteiger charge is -2.11. The van der Waals surface area contributed by atoms with Crippen molar-refractivity contribution in [1.29, 1.82) is 0 Å². The van der Waals surface area contributed by atoms with E-state index in [9.17, 15) is 9.59 Å². The predicted octanol–water partition coefficient (Wildman–Crippen LogP) is 1.32. The maximum absolute atomic E-state index is 13.0. The minimum absolute atomic E-state index is 0.146. The molecule has 3 aromatic heterocycles. The Kier molecular flexibility index (Phi) is 3.31. The number of nitrogens with one attached hydrogen (secondary N) is 1. The largest absolute Gasteiger partial charge is 0.339 e. The third-order valence-electron chi connectivity index (χ3n) is 3.79. The van der Waals surface area contributed by atoms with Crippen molar-refractivity contribution in [2.75, 3.05) is 0 Å². The lowest BCUT2D eigenvalue weighted by molar-refractivity contribution is 0.681. The van der Waals surface area contributed by atoms with Crippen molar-refractivity contribution in [3.05, 3.63) is 87.6 Å². The lowest BCUT2D eigenvalue weighted by Crippen LogP contribution is -2.39. The molecule has 1 aromatic carbocycles. The number of nitrogens with zero attached hydrogens (tertiary/aromatic N) is 4. The molecule has 0 aliphatic rings. The maximum Gasteiger partial charge on any atom is 0.337 e. The fourth-order valence-corrected chi connectivity index (χ4v) is 2.67. The van der Waals surface area contributed by atoms with Gasteiger partial charge in [-0.15, -0.1) is 0 Å². The normalized spacial score (nSPS) is 11.0. The summed E-state index contributed by atoms with van der Waals surface area (Å²) in [6.07, 6.45) is 4.70. The van der Waals surface area contributed by atoms with Crippen LogP contribution in [0.15, 0.2) is 70.8 Å². The molecule has 4 rings (SSSR count). The number of fused-ring (bicyclic) bond motifs is 1. The Labute approximate surface area is 135 Å². The first-order valence-corrected chi connectivity index (χ1v) is 7.39. The van der Waals surface area contributed by atoms with Crippen molar-refractivity contribution >= 4 is 11.2 Å². The molecule has 118 valence electrons. The molecule has 0 saturated heterocycles. The van der Waals surface area contributed by atoms with E-state index in [0.29, 0.717) is 16.9 Å². The van der Waals surface area contributed by atoms with Gasteiger partial charge in [0.25, 0.3) is 5.56 Å². The summed E-state index contributed by atoms with van der Waals surface area (Å²) in [5.74, 6) is 0. The molecule has 7 heteroatoms. The Morgan fingerprint density at radius 2 is 1.88 bits per heavy atom. The van der Waals surface area contributed by atoms with Crippen LogP contribution in [-0.4, -0.2) is 24.1 Å². The third kappa shape index (κ3) is 2.23. The van der Waals surface area contributed by atoms with E-state index in [2.05, 4.69) is 15.0 Å². The van der Waals surface area contributed by atoms with E-state index in [0.717, 1.165) is 5.56 Å². The first-order valence-electron chi connectivity index (χ1n) is 7.39. The van der Waals surface area contributed by atoms with Gasteiger partial charge in [0.2, 0.25) is 0 Å². The van der Waals surface area contributed by atoms with E-state index in [4.69, 9.17) is 0 Å². The predicted molar refractivity (Wildman–Crippen MR) is 89.3 cm³/mol. The fourth-order valence-electron chi connectivity index (χ4n) is 2.67. The van der Waals surface area contributed by atoms with Crippen LogP contribution < -0.4 is 11.2 Å². The Bertz CT molecular complexity index is 1110. The molecular formula is C17H13N5O2. The zero-order valence-corrected chi connectivity index (χ0v) is 12.6. The molecule has 0 amide bonds. The second-order valence-corrected chi connectivity index (χ2v) is 5.31. The first kappa shape index (κ1) is 14.1. The van der Waals surface area contributed by atoms with E-state index >= 15 is 0 Å². The van der Waals surface area contributed by atoms with Crippen LogP contribution in [-0.2, 0) is 6.54 Å². The minimum Gasteiger partial charge on any atom is -0.339 e. The maximum atomic E-state index is 13.0. The lowest BCUT2D eigenvalue weighted by atomic mass is 10.3. The van der Waals surface area contributed by atoms with E-state index in [1.807, 2.05) is 24.3 Å². The number of H-pyrrole nitrogens is 1. The number of hydrogen-bond donors (Lipinski definition) is 1. The number of rotatable bonds is 3. The molecule has 1 N–H and O–H groups in total. The molecule has 0 spiro atoms. The van der Waals surface area contributed by atoms with E-state index in [1.54, 1.807) is 30.6 Å². The number of para-hydroxylation sites is 1. The fraction of sp³-hybridized carbons (Fsp3) is 0.0588. The highest BCUT2D eigenvalue weighted by Crippen LogP contribution is 2.10. The number of imidazole rings is 1. The molecule has 0 radical (unpaired) electrons. The summed E-state index contributed by atoms with van der Waals surface area (Å²) in [4.78, 5) is 36.6. The highest BCUT2D eigenvalue weighted by molar-refractivity contribution is 5.71.